The smallest absolute Gasteiger partial charge is 0.117 e. The van der Waals surface area contributed by atoms with Crippen molar-refractivity contribution in [2.24, 2.45) is 0 Å². The van der Waals surface area contributed by atoms with Gasteiger partial charge in [0.15, 0.2) is 0 Å². The largest absolute Gasteiger partial charge is 0.236 e. The molecule has 0 bridgehead atoms. The minimum Gasteiger partial charge on any atom is -0.236 e. The first-order valence-electron chi connectivity index (χ1n) is 7.21. The van der Waals surface area contributed by atoms with Crippen molar-refractivity contribution in [3.05, 3.63) is 78.6 Å². The van der Waals surface area contributed by atoms with E-state index in [9.17, 15) is 0 Å². The second-order valence-electron chi connectivity index (χ2n) is 5.12. The van der Waals surface area contributed by atoms with Crippen LogP contribution < -0.4 is 0 Å². The maximum Gasteiger partial charge on any atom is 0.117 e. The molecular formula is C19H14N2S. The number of aromatic nitrogens is 2. The molecule has 0 amide bonds. The quantitative estimate of drug-likeness (QED) is 0.390. The van der Waals surface area contributed by atoms with Gasteiger partial charge in [-0.2, -0.15) is 0 Å². The lowest BCUT2D eigenvalue weighted by Crippen LogP contribution is -1.88. The molecule has 0 fully saturated rings. The summed E-state index contributed by atoms with van der Waals surface area (Å²) in [5.41, 5.74) is 2.34. The third-order valence-corrected chi connectivity index (χ3v) is 4.80. The van der Waals surface area contributed by atoms with Crippen LogP contribution in [0.4, 0.5) is 0 Å². The van der Waals surface area contributed by atoms with E-state index in [-0.39, 0.29) is 0 Å². The molecule has 0 saturated heterocycles. The number of nitrogens with zero attached hydrogens (tertiary/aromatic N) is 2. The molecule has 0 aliphatic carbocycles. The minimum absolute atomic E-state index is 0.905. The predicted octanol–water partition coefficient (Wildman–Crippen LogP) is 5.08. The van der Waals surface area contributed by atoms with Crippen molar-refractivity contribution in [1.29, 1.82) is 0 Å². The second-order valence-corrected chi connectivity index (χ2v) is 6.09. The fraction of sp³-hybridized carbons (Fsp3) is 0.0526. The van der Waals surface area contributed by atoms with Crippen LogP contribution in [0.15, 0.2) is 78.1 Å². The first-order valence-corrected chi connectivity index (χ1v) is 8.19. The predicted molar refractivity (Wildman–Crippen MR) is 93.0 cm³/mol. The van der Waals surface area contributed by atoms with Crippen LogP contribution in [0.1, 0.15) is 5.56 Å². The Kier molecular flexibility index (Phi) is 3.49. The topological polar surface area (TPSA) is 25.8 Å². The van der Waals surface area contributed by atoms with Crippen LogP contribution in [0.5, 0.6) is 0 Å². The summed E-state index contributed by atoms with van der Waals surface area (Å²) in [4.78, 5) is 8.78. The van der Waals surface area contributed by atoms with Gasteiger partial charge in [0.05, 0.1) is 5.52 Å². The Bertz CT molecular complexity index is 860. The summed E-state index contributed by atoms with van der Waals surface area (Å²) >= 11 is 1.77. The zero-order chi connectivity index (χ0) is 14.8. The average Bonchev–Trinajstić information content (AvgIpc) is 2.60. The fourth-order valence-electron chi connectivity index (χ4n) is 2.66. The van der Waals surface area contributed by atoms with Gasteiger partial charge in [-0.25, -0.2) is 9.97 Å². The zero-order valence-corrected chi connectivity index (χ0v) is 12.8. The molecule has 0 aliphatic rings. The summed E-state index contributed by atoms with van der Waals surface area (Å²) in [6.45, 7) is 0. The molecule has 22 heavy (non-hydrogen) atoms. The summed E-state index contributed by atoms with van der Waals surface area (Å²) in [5.74, 6) is 0.905. The molecule has 106 valence electrons. The lowest BCUT2D eigenvalue weighted by atomic mass is 10.1. The van der Waals surface area contributed by atoms with Crippen LogP contribution >= 0.6 is 11.8 Å². The van der Waals surface area contributed by atoms with Crippen molar-refractivity contribution in [3.8, 4) is 0 Å². The summed E-state index contributed by atoms with van der Waals surface area (Å²) in [6, 6.07) is 23.1. The summed E-state index contributed by atoms with van der Waals surface area (Å²) < 4.78 is 0. The molecule has 3 aromatic carbocycles. The highest BCUT2D eigenvalue weighted by Gasteiger charge is 2.06. The van der Waals surface area contributed by atoms with Gasteiger partial charge in [0.25, 0.3) is 0 Å². The summed E-state index contributed by atoms with van der Waals surface area (Å²) in [5, 5.41) is 4.76. The SMILES string of the molecule is c1ccc2c(CSc3ncnc4ccccc34)cccc2c1. The molecule has 0 spiro atoms. The second kappa shape index (κ2) is 5.78. The molecule has 4 rings (SSSR count). The van der Waals surface area contributed by atoms with Gasteiger partial charge in [0.1, 0.15) is 11.4 Å². The number of para-hydroxylation sites is 1. The van der Waals surface area contributed by atoms with Crippen LogP contribution in [-0.2, 0) is 5.75 Å². The minimum atomic E-state index is 0.905. The van der Waals surface area contributed by atoms with Gasteiger partial charge in [-0.15, -0.1) is 11.8 Å². The first-order chi connectivity index (χ1) is 10.9. The van der Waals surface area contributed by atoms with Crippen molar-refractivity contribution < 1.29 is 0 Å². The summed E-state index contributed by atoms with van der Waals surface area (Å²) in [6.07, 6.45) is 1.65. The van der Waals surface area contributed by atoms with Crippen molar-refractivity contribution in [2.45, 2.75) is 10.8 Å². The number of hydrogen-bond acceptors (Lipinski definition) is 3. The highest BCUT2D eigenvalue weighted by Crippen LogP contribution is 2.29. The average molecular weight is 302 g/mol. The van der Waals surface area contributed by atoms with E-state index in [0.717, 1.165) is 21.7 Å². The molecule has 1 aromatic heterocycles. The molecular weight excluding hydrogens is 288 g/mol. The van der Waals surface area contributed by atoms with E-state index in [0.29, 0.717) is 0 Å². The van der Waals surface area contributed by atoms with Gasteiger partial charge in [0.2, 0.25) is 0 Å². The monoisotopic (exact) mass is 302 g/mol. The van der Waals surface area contributed by atoms with E-state index in [1.165, 1.54) is 16.3 Å². The highest BCUT2D eigenvalue weighted by molar-refractivity contribution is 7.98. The Morgan fingerprint density at radius 2 is 1.50 bits per heavy atom. The lowest BCUT2D eigenvalue weighted by Gasteiger charge is -2.07. The van der Waals surface area contributed by atoms with Gasteiger partial charge in [-0.3, -0.25) is 0 Å². The van der Waals surface area contributed by atoms with Crippen molar-refractivity contribution in [2.75, 3.05) is 0 Å². The lowest BCUT2D eigenvalue weighted by molar-refractivity contribution is 1.10. The molecule has 2 nitrogen and oxygen atoms in total. The van der Waals surface area contributed by atoms with E-state index in [2.05, 4.69) is 58.5 Å². The molecule has 0 radical (unpaired) electrons. The van der Waals surface area contributed by atoms with Crippen molar-refractivity contribution >= 4 is 33.4 Å². The Labute approximate surface area is 133 Å². The molecule has 0 aliphatic heterocycles. The summed E-state index contributed by atoms with van der Waals surface area (Å²) in [7, 11) is 0. The van der Waals surface area contributed by atoms with Gasteiger partial charge in [0, 0.05) is 11.1 Å². The standard InChI is InChI=1S/C19H14N2S/c1-2-9-16-14(6-1)7-5-8-15(16)12-22-19-17-10-3-4-11-18(17)20-13-21-19/h1-11,13H,12H2. The van der Waals surface area contributed by atoms with Gasteiger partial charge < -0.3 is 0 Å². The van der Waals surface area contributed by atoms with E-state index in [1.54, 1.807) is 18.1 Å². The number of hydrogen-bond donors (Lipinski definition) is 0. The molecule has 3 heteroatoms. The normalized spacial score (nSPS) is 11.1. The molecule has 4 aromatic rings. The third kappa shape index (κ3) is 2.44. The molecule has 1 heterocycles. The van der Waals surface area contributed by atoms with E-state index in [1.807, 2.05) is 18.2 Å². The number of rotatable bonds is 3. The van der Waals surface area contributed by atoms with E-state index < -0.39 is 0 Å². The van der Waals surface area contributed by atoms with Gasteiger partial charge >= 0.3 is 0 Å². The maximum atomic E-state index is 4.45. The molecule has 0 atom stereocenters. The highest BCUT2D eigenvalue weighted by atomic mass is 32.2. The maximum absolute atomic E-state index is 4.45. The van der Waals surface area contributed by atoms with Crippen LogP contribution in [-0.4, -0.2) is 9.97 Å². The van der Waals surface area contributed by atoms with Crippen LogP contribution in [0.3, 0.4) is 0 Å². The molecule has 0 N–H and O–H groups in total. The number of thioether (sulfide) groups is 1. The third-order valence-electron chi connectivity index (χ3n) is 3.75. The van der Waals surface area contributed by atoms with E-state index >= 15 is 0 Å². The Morgan fingerprint density at radius 3 is 2.45 bits per heavy atom. The Balaban J connectivity index is 1.69. The van der Waals surface area contributed by atoms with Crippen LogP contribution in [0, 0.1) is 0 Å². The van der Waals surface area contributed by atoms with Crippen LogP contribution in [0.25, 0.3) is 21.7 Å². The van der Waals surface area contributed by atoms with Crippen LogP contribution in [0.2, 0.25) is 0 Å². The Morgan fingerprint density at radius 1 is 0.727 bits per heavy atom. The fourth-order valence-corrected chi connectivity index (χ4v) is 3.65. The Hall–Kier alpha value is -2.39. The van der Waals surface area contributed by atoms with Crippen molar-refractivity contribution in [3.63, 3.8) is 0 Å². The van der Waals surface area contributed by atoms with Crippen molar-refractivity contribution in [1.82, 2.24) is 9.97 Å². The van der Waals surface area contributed by atoms with Gasteiger partial charge in [-0.1, -0.05) is 60.7 Å². The van der Waals surface area contributed by atoms with Gasteiger partial charge in [-0.05, 0) is 22.4 Å². The zero-order valence-electron chi connectivity index (χ0n) is 11.9. The first kappa shape index (κ1) is 13.3. The number of fused-ring (bicyclic) bond motifs is 2. The molecule has 0 unspecified atom stereocenters. The molecule has 0 saturated carbocycles. The van der Waals surface area contributed by atoms with E-state index in [4.69, 9.17) is 0 Å². The number of benzene rings is 3.